The Balaban J connectivity index is 2.66. The molecule has 94 valence electrons. The molecule has 1 amide bonds. The third kappa shape index (κ3) is 3.96. The fourth-order valence-corrected chi connectivity index (χ4v) is 1.43. The summed E-state index contributed by atoms with van der Waals surface area (Å²) in [7, 11) is 1.58. The Morgan fingerprint density at radius 3 is 2.76 bits per heavy atom. The van der Waals surface area contributed by atoms with Gasteiger partial charge in [0.1, 0.15) is 0 Å². The minimum Gasteiger partial charge on any atom is -0.397 e. The molecular formula is C12H19N3O2. The number of nitrogens with one attached hydrogen (secondary N) is 2. The molecule has 0 saturated heterocycles. The molecule has 0 fully saturated rings. The van der Waals surface area contributed by atoms with E-state index in [0.29, 0.717) is 24.2 Å². The molecule has 0 aromatic heterocycles. The van der Waals surface area contributed by atoms with Crippen molar-refractivity contribution < 1.29 is 9.90 Å². The van der Waals surface area contributed by atoms with Crippen LogP contribution in [-0.2, 0) is 0 Å². The number of benzene rings is 1. The van der Waals surface area contributed by atoms with Gasteiger partial charge in [-0.3, -0.25) is 4.79 Å². The number of aliphatic hydroxyl groups excluding tert-OH is 1. The average Bonchev–Trinajstić information content (AvgIpc) is 2.29. The maximum Gasteiger partial charge on any atom is 0.251 e. The predicted octanol–water partition coefficient (Wildman–Crippen LogP) is 0.811. The molecule has 0 bridgehead atoms. The van der Waals surface area contributed by atoms with Gasteiger partial charge in [-0.1, -0.05) is 0 Å². The topological polar surface area (TPSA) is 87.4 Å². The SMILES string of the molecule is CNC(=O)c1ccc(NCCC(C)O)c(N)c1. The van der Waals surface area contributed by atoms with Crippen LogP contribution in [0.25, 0.3) is 0 Å². The summed E-state index contributed by atoms with van der Waals surface area (Å²) in [6.07, 6.45) is 0.310. The van der Waals surface area contributed by atoms with Crippen LogP contribution in [0.1, 0.15) is 23.7 Å². The van der Waals surface area contributed by atoms with Gasteiger partial charge in [0.2, 0.25) is 0 Å². The highest BCUT2D eigenvalue weighted by Gasteiger charge is 2.06. The quantitative estimate of drug-likeness (QED) is 0.571. The van der Waals surface area contributed by atoms with E-state index in [1.807, 2.05) is 0 Å². The van der Waals surface area contributed by atoms with Crippen molar-refractivity contribution in [3.63, 3.8) is 0 Å². The third-order valence-corrected chi connectivity index (χ3v) is 2.42. The second kappa shape index (κ2) is 6.10. The van der Waals surface area contributed by atoms with Gasteiger partial charge >= 0.3 is 0 Å². The Labute approximate surface area is 101 Å². The highest BCUT2D eigenvalue weighted by atomic mass is 16.3. The highest BCUT2D eigenvalue weighted by Crippen LogP contribution is 2.19. The molecule has 5 N–H and O–H groups in total. The van der Waals surface area contributed by atoms with Crippen molar-refractivity contribution in [1.29, 1.82) is 0 Å². The summed E-state index contributed by atoms with van der Waals surface area (Å²) >= 11 is 0. The van der Waals surface area contributed by atoms with Gasteiger partial charge in [-0.05, 0) is 31.5 Å². The normalized spacial score (nSPS) is 11.9. The fraction of sp³-hybridized carbons (Fsp3) is 0.417. The lowest BCUT2D eigenvalue weighted by Gasteiger charge is -2.11. The lowest BCUT2D eigenvalue weighted by atomic mass is 10.1. The minimum atomic E-state index is -0.339. The van der Waals surface area contributed by atoms with E-state index in [1.54, 1.807) is 32.2 Å². The summed E-state index contributed by atoms with van der Waals surface area (Å²) in [4.78, 5) is 11.4. The van der Waals surface area contributed by atoms with Gasteiger partial charge in [0, 0.05) is 19.2 Å². The van der Waals surface area contributed by atoms with Crippen LogP contribution in [0, 0.1) is 0 Å². The van der Waals surface area contributed by atoms with E-state index in [4.69, 9.17) is 10.8 Å². The van der Waals surface area contributed by atoms with Gasteiger partial charge in [-0.25, -0.2) is 0 Å². The Morgan fingerprint density at radius 1 is 1.53 bits per heavy atom. The van der Waals surface area contributed by atoms with E-state index >= 15 is 0 Å². The van der Waals surface area contributed by atoms with Crippen LogP contribution in [0.2, 0.25) is 0 Å². The predicted molar refractivity (Wildman–Crippen MR) is 69.0 cm³/mol. The Kier molecular flexibility index (Phi) is 4.78. The van der Waals surface area contributed by atoms with Gasteiger partial charge < -0.3 is 21.5 Å². The van der Waals surface area contributed by atoms with Crippen LogP contribution < -0.4 is 16.4 Å². The van der Waals surface area contributed by atoms with Crippen molar-refractivity contribution in [2.45, 2.75) is 19.4 Å². The zero-order valence-electron chi connectivity index (χ0n) is 10.2. The fourth-order valence-electron chi connectivity index (χ4n) is 1.43. The lowest BCUT2D eigenvalue weighted by Crippen LogP contribution is -2.18. The Bertz CT molecular complexity index is 391. The van der Waals surface area contributed by atoms with Crippen molar-refractivity contribution in [3.05, 3.63) is 23.8 Å². The van der Waals surface area contributed by atoms with E-state index in [1.165, 1.54) is 0 Å². The second-order valence-electron chi connectivity index (χ2n) is 3.95. The number of hydrogen-bond donors (Lipinski definition) is 4. The van der Waals surface area contributed by atoms with E-state index in [9.17, 15) is 4.79 Å². The van der Waals surface area contributed by atoms with Crippen LogP contribution >= 0.6 is 0 Å². The standard InChI is InChI=1S/C12H19N3O2/c1-8(16)5-6-15-11-4-3-9(7-10(11)13)12(17)14-2/h3-4,7-8,15-16H,5-6,13H2,1-2H3,(H,14,17). The molecule has 0 saturated carbocycles. The Hall–Kier alpha value is -1.75. The molecule has 1 rings (SSSR count). The van der Waals surface area contributed by atoms with E-state index in [2.05, 4.69) is 10.6 Å². The number of nitrogens with two attached hydrogens (primary N) is 1. The maximum absolute atomic E-state index is 11.4. The number of carbonyl (C=O) groups excluding carboxylic acids is 1. The van der Waals surface area contributed by atoms with Crippen molar-refractivity contribution in [1.82, 2.24) is 5.32 Å². The van der Waals surface area contributed by atoms with Crippen LogP contribution in [0.5, 0.6) is 0 Å². The maximum atomic E-state index is 11.4. The number of amides is 1. The van der Waals surface area contributed by atoms with Gasteiger partial charge in [0.25, 0.3) is 5.91 Å². The first kappa shape index (κ1) is 13.3. The van der Waals surface area contributed by atoms with Crippen LogP contribution in [0.4, 0.5) is 11.4 Å². The van der Waals surface area contributed by atoms with Crippen LogP contribution in [0.3, 0.4) is 0 Å². The van der Waals surface area contributed by atoms with Crippen molar-refractivity contribution in [3.8, 4) is 0 Å². The van der Waals surface area contributed by atoms with Gasteiger partial charge in [-0.2, -0.15) is 0 Å². The molecule has 0 aliphatic heterocycles. The summed E-state index contributed by atoms with van der Waals surface area (Å²) in [5.74, 6) is -0.160. The summed E-state index contributed by atoms with van der Waals surface area (Å²) in [6, 6.07) is 5.10. The lowest BCUT2D eigenvalue weighted by molar-refractivity contribution is 0.0963. The summed E-state index contributed by atoms with van der Waals surface area (Å²) in [5, 5.41) is 14.8. The molecule has 1 unspecified atom stereocenters. The number of nitrogen functional groups attached to an aromatic ring is 1. The molecule has 0 radical (unpaired) electrons. The molecule has 0 aliphatic rings. The van der Waals surface area contributed by atoms with Crippen LogP contribution in [-0.4, -0.2) is 30.7 Å². The first-order valence-corrected chi connectivity index (χ1v) is 5.58. The van der Waals surface area contributed by atoms with Gasteiger partial charge in [0.15, 0.2) is 0 Å². The monoisotopic (exact) mass is 237 g/mol. The summed E-state index contributed by atoms with van der Waals surface area (Å²) in [5.41, 5.74) is 7.66. The molecule has 0 spiro atoms. The van der Waals surface area contributed by atoms with E-state index in [-0.39, 0.29) is 12.0 Å². The first-order valence-electron chi connectivity index (χ1n) is 5.58. The molecule has 1 aromatic rings. The zero-order chi connectivity index (χ0) is 12.8. The van der Waals surface area contributed by atoms with Crippen LogP contribution in [0.15, 0.2) is 18.2 Å². The number of hydrogen-bond acceptors (Lipinski definition) is 4. The Morgan fingerprint density at radius 2 is 2.24 bits per heavy atom. The first-order chi connectivity index (χ1) is 8.04. The molecule has 17 heavy (non-hydrogen) atoms. The van der Waals surface area contributed by atoms with Gasteiger partial charge in [0.05, 0.1) is 17.5 Å². The van der Waals surface area contributed by atoms with E-state index < -0.39 is 0 Å². The largest absolute Gasteiger partial charge is 0.397 e. The number of aliphatic hydroxyl groups is 1. The molecule has 0 aliphatic carbocycles. The molecule has 0 heterocycles. The zero-order valence-corrected chi connectivity index (χ0v) is 10.2. The molecule has 5 heteroatoms. The highest BCUT2D eigenvalue weighted by molar-refractivity contribution is 5.95. The number of carbonyl (C=O) groups is 1. The van der Waals surface area contributed by atoms with Crippen molar-refractivity contribution >= 4 is 17.3 Å². The summed E-state index contributed by atoms with van der Waals surface area (Å²) in [6.45, 7) is 2.38. The average molecular weight is 237 g/mol. The van der Waals surface area contributed by atoms with Crippen molar-refractivity contribution in [2.75, 3.05) is 24.6 Å². The minimum absolute atomic E-state index is 0.160. The molecule has 1 aromatic carbocycles. The summed E-state index contributed by atoms with van der Waals surface area (Å²) < 4.78 is 0. The van der Waals surface area contributed by atoms with Crippen molar-refractivity contribution in [2.24, 2.45) is 0 Å². The molecular weight excluding hydrogens is 218 g/mol. The smallest absolute Gasteiger partial charge is 0.251 e. The third-order valence-electron chi connectivity index (χ3n) is 2.42. The number of rotatable bonds is 5. The van der Waals surface area contributed by atoms with Gasteiger partial charge in [-0.15, -0.1) is 0 Å². The number of anilines is 2. The molecule has 5 nitrogen and oxygen atoms in total. The van der Waals surface area contributed by atoms with E-state index in [0.717, 1.165) is 5.69 Å². The second-order valence-corrected chi connectivity index (χ2v) is 3.95. The molecule has 1 atom stereocenters.